The quantitative estimate of drug-likeness (QED) is 0.630. The van der Waals surface area contributed by atoms with Gasteiger partial charge in [0.2, 0.25) is 5.91 Å². The Morgan fingerprint density at radius 2 is 2.00 bits per heavy atom. The maximum atomic E-state index is 12.8. The molecule has 4 rings (SSSR count). The van der Waals surface area contributed by atoms with E-state index >= 15 is 0 Å². The zero-order valence-electron chi connectivity index (χ0n) is 17.3. The first-order chi connectivity index (χ1) is 14.6. The van der Waals surface area contributed by atoms with Crippen LogP contribution in [0, 0.1) is 12.8 Å². The van der Waals surface area contributed by atoms with Gasteiger partial charge in [0.1, 0.15) is 5.75 Å². The van der Waals surface area contributed by atoms with Crippen molar-refractivity contribution < 1.29 is 9.53 Å². The minimum absolute atomic E-state index is 0.0793. The van der Waals surface area contributed by atoms with Gasteiger partial charge in [0.15, 0.2) is 0 Å². The first-order valence-corrected chi connectivity index (χ1v) is 10.5. The molecule has 2 heterocycles. The van der Waals surface area contributed by atoms with Crippen LogP contribution in [0.2, 0.25) is 0 Å². The molecule has 1 atom stereocenters. The number of ether oxygens (including phenoxy) is 1. The van der Waals surface area contributed by atoms with Crippen LogP contribution >= 0.6 is 0 Å². The predicted molar refractivity (Wildman–Crippen MR) is 117 cm³/mol. The Morgan fingerprint density at radius 1 is 1.17 bits per heavy atom. The average Bonchev–Trinajstić information content (AvgIpc) is 2.78. The van der Waals surface area contributed by atoms with Crippen LogP contribution in [0.4, 0.5) is 0 Å². The molecule has 1 fully saturated rings. The summed E-state index contributed by atoms with van der Waals surface area (Å²) < 4.78 is 7.42. The lowest BCUT2D eigenvalue weighted by Gasteiger charge is -2.32. The number of rotatable bonds is 6. The zero-order valence-corrected chi connectivity index (χ0v) is 17.3. The number of hydrogen-bond donors (Lipinski definition) is 0. The first kappa shape index (κ1) is 20.1. The Kier molecular flexibility index (Phi) is 6.12. The van der Waals surface area contributed by atoms with E-state index in [2.05, 4.69) is 4.98 Å². The van der Waals surface area contributed by atoms with Gasteiger partial charge in [-0.25, -0.2) is 4.98 Å². The number of carbonyl (C=O) groups is 1. The van der Waals surface area contributed by atoms with Crippen LogP contribution in [0.5, 0.6) is 5.75 Å². The molecular formula is C24H27N3O3. The third kappa shape index (κ3) is 4.53. The Hall–Kier alpha value is -3.15. The van der Waals surface area contributed by atoms with Crippen molar-refractivity contribution in [2.45, 2.75) is 32.7 Å². The minimum atomic E-state index is -0.0933. The summed E-state index contributed by atoms with van der Waals surface area (Å²) in [5, 5.41) is 0.598. The lowest BCUT2D eigenvalue weighted by molar-refractivity contribution is -0.133. The zero-order chi connectivity index (χ0) is 20.9. The molecule has 3 aromatic rings. The van der Waals surface area contributed by atoms with Crippen molar-refractivity contribution in [1.29, 1.82) is 0 Å². The van der Waals surface area contributed by atoms with Crippen LogP contribution < -0.4 is 10.3 Å². The van der Waals surface area contributed by atoms with Crippen LogP contribution in [-0.2, 0) is 11.3 Å². The van der Waals surface area contributed by atoms with Gasteiger partial charge in [-0.15, -0.1) is 0 Å². The largest absolute Gasteiger partial charge is 0.493 e. The van der Waals surface area contributed by atoms with Gasteiger partial charge in [0.05, 0.1) is 23.8 Å². The number of nitrogens with zero attached hydrogens (tertiary/aromatic N) is 3. The molecule has 0 bridgehead atoms. The molecule has 0 radical (unpaired) electrons. The van der Waals surface area contributed by atoms with Crippen LogP contribution in [0.3, 0.4) is 0 Å². The molecule has 6 nitrogen and oxygen atoms in total. The maximum absolute atomic E-state index is 12.8. The summed E-state index contributed by atoms with van der Waals surface area (Å²) in [4.78, 5) is 31.8. The third-order valence-electron chi connectivity index (χ3n) is 5.72. The fourth-order valence-electron chi connectivity index (χ4n) is 4.03. The van der Waals surface area contributed by atoms with Crippen molar-refractivity contribution in [1.82, 2.24) is 14.5 Å². The number of carbonyl (C=O) groups excluding carboxylic acids is 1. The lowest BCUT2D eigenvalue weighted by Crippen LogP contribution is -2.42. The second-order valence-electron chi connectivity index (χ2n) is 7.94. The number of benzene rings is 2. The summed E-state index contributed by atoms with van der Waals surface area (Å²) in [6.07, 6.45) is 3.89. The van der Waals surface area contributed by atoms with Gasteiger partial charge in [-0.05, 0) is 43.5 Å². The summed E-state index contributed by atoms with van der Waals surface area (Å²) in [5.41, 5.74) is 1.61. The van der Waals surface area contributed by atoms with Crippen LogP contribution in [0.1, 0.15) is 24.8 Å². The lowest BCUT2D eigenvalue weighted by atomic mass is 9.98. The van der Waals surface area contributed by atoms with Crippen molar-refractivity contribution in [3.05, 3.63) is 70.8 Å². The van der Waals surface area contributed by atoms with Gasteiger partial charge < -0.3 is 9.64 Å². The van der Waals surface area contributed by atoms with Crippen LogP contribution in [0.25, 0.3) is 10.9 Å². The maximum Gasteiger partial charge on any atom is 0.261 e. The molecule has 30 heavy (non-hydrogen) atoms. The Labute approximate surface area is 176 Å². The van der Waals surface area contributed by atoms with Gasteiger partial charge in [-0.3, -0.25) is 14.2 Å². The van der Waals surface area contributed by atoms with E-state index in [9.17, 15) is 9.59 Å². The number of hydrogen-bond acceptors (Lipinski definition) is 4. The minimum Gasteiger partial charge on any atom is -0.493 e. The number of aryl methyl sites for hydroxylation is 2. The van der Waals surface area contributed by atoms with Gasteiger partial charge in [-0.1, -0.05) is 30.3 Å². The molecule has 156 valence electrons. The van der Waals surface area contributed by atoms with E-state index in [1.54, 1.807) is 17.0 Å². The highest BCUT2D eigenvalue weighted by Gasteiger charge is 2.24. The number of amides is 1. The van der Waals surface area contributed by atoms with Crippen LogP contribution in [-0.4, -0.2) is 40.1 Å². The summed E-state index contributed by atoms with van der Waals surface area (Å²) in [5.74, 6) is 1.27. The van der Waals surface area contributed by atoms with Crippen molar-refractivity contribution in [3.63, 3.8) is 0 Å². The predicted octanol–water partition coefficient (Wildman–Crippen LogP) is 3.41. The molecule has 6 heteroatoms. The molecule has 0 saturated carbocycles. The average molecular weight is 405 g/mol. The summed E-state index contributed by atoms with van der Waals surface area (Å²) in [7, 11) is 0. The molecule has 0 N–H and O–H groups in total. The standard InChI is InChI=1S/C24H27N3O3/c1-18-7-5-11-21-23(18)25-17-27(24(21)29)14-12-22(28)26-13-6-8-19(15-26)16-30-20-9-3-2-4-10-20/h2-5,7,9-11,17,19H,6,8,12-16H2,1H3. The highest BCUT2D eigenvalue weighted by Crippen LogP contribution is 2.19. The molecule has 1 saturated heterocycles. The van der Waals surface area contributed by atoms with E-state index < -0.39 is 0 Å². The topological polar surface area (TPSA) is 64.4 Å². The van der Waals surface area contributed by atoms with Crippen molar-refractivity contribution in [2.24, 2.45) is 5.92 Å². The van der Waals surface area contributed by atoms with E-state index in [0.717, 1.165) is 36.2 Å². The summed E-state index contributed by atoms with van der Waals surface area (Å²) in [6.45, 7) is 4.37. The molecule has 0 aliphatic carbocycles. The van der Waals surface area contributed by atoms with Crippen molar-refractivity contribution in [2.75, 3.05) is 19.7 Å². The second-order valence-corrected chi connectivity index (χ2v) is 7.94. The molecule has 1 amide bonds. The van der Waals surface area contributed by atoms with E-state index in [1.807, 2.05) is 54.3 Å². The second kappa shape index (κ2) is 9.11. The number of piperidine rings is 1. The van der Waals surface area contributed by atoms with Crippen LogP contribution in [0.15, 0.2) is 59.7 Å². The van der Waals surface area contributed by atoms with Crippen molar-refractivity contribution >= 4 is 16.8 Å². The molecule has 1 aliphatic rings. The van der Waals surface area contributed by atoms with Gasteiger partial charge >= 0.3 is 0 Å². The molecule has 0 spiro atoms. The normalized spacial score (nSPS) is 16.6. The van der Waals surface area contributed by atoms with Gasteiger partial charge in [0, 0.05) is 32.0 Å². The third-order valence-corrected chi connectivity index (χ3v) is 5.72. The molecular weight excluding hydrogens is 378 g/mol. The van der Waals surface area contributed by atoms with Gasteiger partial charge in [0.25, 0.3) is 5.56 Å². The van der Waals surface area contributed by atoms with E-state index in [1.165, 1.54) is 0 Å². The molecule has 1 unspecified atom stereocenters. The number of likely N-dealkylation sites (tertiary alicyclic amines) is 1. The smallest absolute Gasteiger partial charge is 0.261 e. The Morgan fingerprint density at radius 3 is 2.83 bits per heavy atom. The van der Waals surface area contributed by atoms with E-state index in [-0.39, 0.29) is 11.5 Å². The Balaban J connectivity index is 1.34. The summed E-state index contributed by atoms with van der Waals surface area (Å²) in [6, 6.07) is 15.4. The fraction of sp³-hybridized carbons (Fsp3) is 0.375. The molecule has 2 aromatic carbocycles. The summed E-state index contributed by atoms with van der Waals surface area (Å²) >= 11 is 0. The SMILES string of the molecule is Cc1cccc2c(=O)n(CCC(=O)N3CCCC(COc4ccccc4)C3)cnc12. The number of fused-ring (bicyclic) bond motifs is 1. The Bertz CT molecular complexity index is 1080. The van der Waals surface area contributed by atoms with E-state index in [4.69, 9.17) is 4.74 Å². The highest BCUT2D eigenvalue weighted by atomic mass is 16.5. The van der Waals surface area contributed by atoms with Gasteiger partial charge in [-0.2, -0.15) is 0 Å². The van der Waals surface area contributed by atoms with E-state index in [0.29, 0.717) is 37.4 Å². The molecule has 1 aliphatic heterocycles. The molecule has 1 aromatic heterocycles. The number of para-hydroxylation sites is 2. The number of aromatic nitrogens is 2. The first-order valence-electron chi connectivity index (χ1n) is 10.5. The highest BCUT2D eigenvalue weighted by molar-refractivity contribution is 5.80. The monoisotopic (exact) mass is 405 g/mol. The van der Waals surface area contributed by atoms with Crippen molar-refractivity contribution in [3.8, 4) is 5.75 Å². The fourth-order valence-corrected chi connectivity index (χ4v) is 4.03.